The zero-order chi connectivity index (χ0) is 17.6. The number of hydrogen-bond donors (Lipinski definition) is 2. The Morgan fingerprint density at radius 3 is 3.00 bits per heavy atom. The molecule has 0 unspecified atom stereocenters. The van der Waals surface area contributed by atoms with Gasteiger partial charge in [0, 0.05) is 31.6 Å². The first-order chi connectivity index (χ1) is 12.2. The average Bonchev–Trinajstić information content (AvgIpc) is 3.23. The lowest BCUT2D eigenvalue weighted by Gasteiger charge is -2.12. The summed E-state index contributed by atoms with van der Waals surface area (Å²) in [6.07, 6.45) is 2.96. The smallest absolute Gasteiger partial charge is 0.191 e. The third-order valence-corrected chi connectivity index (χ3v) is 4.62. The Morgan fingerprint density at radius 1 is 1.36 bits per heavy atom. The number of aromatic nitrogens is 3. The number of nitrogens with one attached hydrogen (secondary N) is 2. The quantitative estimate of drug-likeness (QED) is 0.605. The summed E-state index contributed by atoms with van der Waals surface area (Å²) in [6.45, 7) is 2.33. The Morgan fingerprint density at radius 2 is 2.24 bits per heavy atom. The normalized spacial score (nSPS) is 13.6. The fourth-order valence-electron chi connectivity index (χ4n) is 2.90. The van der Waals surface area contributed by atoms with Crippen molar-refractivity contribution in [2.24, 2.45) is 4.99 Å². The first kappa shape index (κ1) is 17.5. The van der Waals surface area contributed by atoms with Crippen molar-refractivity contribution < 1.29 is 4.74 Å². The maximum Gasteiger partial charge on any atom is 0.191 e. The van der Waals surface area contributed by atoms with Crippen LogP contribution < -0.4 is 15.4 Å². The first-order valence-electron chi connectivity index (χ1n) is 8.39. The van der Waals surface area contributed by atoms with Gasteiger partial charge in [-0.3, -0.25) is 4.99 Å². The molecule has 25 heavy (non-hydrogen) atoms. The van der Waals surface area contributed by atoms with E-state index < -0.39 is 0 Å². The molecular formula is C17H23ClN6O. The Bertz CT molecular complexity index is 758. The van der Waals surface area contributed by atoms with E-state index in [4.69, 9.17) is 16.3 Å². The van der Waals surface area contributed by atoms with Crippen molar-refractivity contribution in [3.63, 3.8) is 0 Å². The molecule has 0 bridgehead atoms. The molecule has 134 valence electrons. The third-order valence-electron chi connectivity index (χ3n) is 4.27. The second-order valence-corrected chi connectivity index (χ2v) is 6.25. The van der Waals surface area contributed by atoms with Gasteiger partial charge in [-0.2, -0.15) is 0 Å². The van der Waals surface area contributed by atoms with Crippen molar-refractivity contribution in [3.8, 4) is 5.75 Å². The van der Waals surface area contributed by atoms with Gasteiger partial charge in [0.05, 0.1) is 13.7 Å². The topological polar surface area (TPSA) is 76.4 Å². The van der Waals surface area contributed by atoms with Gasteiger partial charge in [0.25, 0.3) is 0 Å². The van der Waals surface area contributed by atoms with Crippen LogP contribution in [0.2, 0.25) is 5.02 Å². The van der Waals surface area contributed by atoms with Crippen molar-refractivity contribution in [2.45, 2.75) is 32.4 Å². The maximum atomic E-state index is 6.27. The van der Waals surface area contributed by atoms with Crippen molar-refractivity contribution >= 4 is 17.6 Å². The fourth-order valence-corrected chi connectivity index (χ4v) is 3.16. The number of halogens is 1. The molecule has 7 nitrogen and oxygen atoms in total. The lowest BCUT2D eigenvalue weighted by Crippen LogP contribution is -2.38. The molecule has 3 rings (SSSR count). The number of guanidine groups is 1. The van der Waals surface area contributed by atoms with Crippen molar-refractivity contribution in [1.29, 1.82) is 0 Å². The van der Waals surface area contributed by atoms with Crippen molar-refractivity contribution in [1.82, 2.24) is 25.4 Å². The molecule has 1 aromatic heterocycles. The summed E-state index contributed by atoms with van der Waals surface area (Å²) in [5.41, 5.74) is 1.07. The summed E-state index contributed by atoms with van der Waals surface area (Å²) in [5, 5.41) is 15.7. The van der Waals surface area contributed by atoms with E-state index in [0.717, 1.165) is 61.3 Å². The van der Waals surface area contributed by atoms with Gasteiger partial charge in [0.2, 0.25) is 0 Å². The highest BCUT2D eigenvalue weighted by molar-refractivity contribution is 6.31. The van der Waals surface area contributed by atoms with Gasteiger partial charge in [0.15, 0.2) is 11.8 Å². The number of rotatable bonds is 6. The highest BCUT2D eigenvalue weighted by atomic mass is 35.5. The molecule has 1 aromatic carbocycles. The van der Waals surface area contributed by atoms with Gasteiger partial charge in [-0.1, -0.05) is 17.7 Å². The zero-order valence-corrected chi connectivity index (χ0v) is 15.3. The SMILES string of the molecule is CN=C(NCCc1ccc(OC)cc1Cl)NCc1nnc2n1CCC2. The van der Waals surface area contributed by atoms with E-state index in [1.807, 2.05) is 18.2 Å². The summed E-state index contributed by atoms with van der Waals surface area (Å²) in [6, 6.07) is 5.73. The molecule has 2 aromatic rings. The van der Waals surface area contributed by atoms with Crippen LogP contribution in [0.15, 0.2) is 23.2 Å². The molecule has 0 spiro atoms. The number of ether oxygens (including phenoxy) is 1. The van der Waals surface area contributed by atoms with E-state index >= 15 is 0 Å². The van der Waals surface area contributed by atoms with Crippen molar-refractivity contribution in [3.05, 3.63) is 40.4 Å². The van der Waals surface area contributed by atoms with Crippen LogP contribution in [0.4, 0.5) is 0 Å². The Kier molecular flexibility index (Phi) is 5.75. The Hall–Kier alpha value is -2.28. The van der Waals surface area contributed by atoms with Crippen LogP contribution >= 0.6 is 11.6 Å². The van der Waals surface area contributed by atoms with E-state index in [-0.39, 0.29) is 0 Å². The molecule has 0 saturated heterocycles. The van der Waals surface area contributed by atoms with E-state index in [2.05, 4.69) is 30.4 Å². The minimum Gasteiger partial charge on any atom is -0.497 e. The highest BCUT2D eigenvalue weighted by Crippen LogP contribution is 2.22. The molecule has 2 N–H and O–H groups in total. The minimum atomic E-state index is 0.607. The molecule has 0 saturated carbocycles. The van der Waals surface area contributed by atoms with E-state index in [1.54, 1.807) is 14.2 Å². The molecule has 1 aliphatic heterocycles. The molecular weight excluding hydrogens is 340 g/mol. The molecule has 0 radical (unpaired) electrons. The summed E-state index contributed by atoms with van der Waals surface area (Å²) >= 11 is 6.27. The monoisotopic (exact) mass is 362 g/mol. The number of hydrogen-bond acceptors (Lipinski definition) is 4. The number of benzene rings is 1. The van der Waals surface area contributed by atoms with Gasteiger partial charge in [-0.15, -0.1) is 10.2 Å². The number of nitrogens with zero attached hydrogens (tertiary/aromatic N) is 4. The second kappa shape index (κ2) is 8.20. The van der Waals surface area contributed by atoms with Gasteiger partial charge < -0.3 is 19.9 Å². The Labute approximate surface area is 152 Å². The van der Waals surface area contributed by atoms with E-state index in [0.29, 0.717) is 11.6 Å². The van der Waals surface area contributed by atoms with Crippen LogP contribution in [-0.2, 0) is 25.9 Å². The van der Waals surface area contributed by atoms with E-state index in [9.17, 15) is 0 Å². The standard InChI is InChI=1S/C17H23ClN6O/c1-19-17(21-11-16-23-22-15-4-3-9-24(15)16)20-8-7-12-5-6-13(25-2)10-14(12)18/h5-6,10H,3-4,7-9,11H2,1-2H3,(H2,19,20,21). The number of fused-ring (bicyclic) bond motifs is 1. The van der Waals surface area contributed by atoms with Crippen LogP contribution in [0.3, 0.4) is 0 Å². The molecule has 0 fully saturated rings. The molecule has 0 aliphatic carbocycles. The highest BCUT2D eigenvalue weighted by Gasteiger charge is 2.17. The average molecular weight is 363 g/mol. The van der Waals surface area contributed by atoms with Crippen LogP contribution in [0.1, 0.15) is 23.6 Å². The Balaban J connectivity index is 1.48. The molecule has 1 aliphatic rings. The maximum absolute atomic E-state index is 6.27. The third kappa shape index (κ3) is 4.22. The van der Waals surface area contributed by atoms with Gasteiger partial charge in [-0.05, 0) is 30.5 Å². The van der Waals surface area contributed by atoms with Gasteiger partial charge in [0.1, 0.15) is 11.6 Å². The summed E-state index contributed by atoms with van der Waals surface area (Å²) < 4.78 is 7.34. The number of aliphatic imine (C=N–C) groups is 1. The van der Waals surface area contributed by atoms with Crippen LogP contribution in [0, 0.1) is 0 Å². The van der Waals surface area contributed by atoms with Crippen LogP contribution in [0.25, 0.3) is 0 Å². The minimum absolute atomic E-state index is 0.607. The lowest BCUT2D eigenvalue weighted by molar-refractivity contribution is 0.414. The molecule has 2 heterocycles. The van der Waals surface area contributed by atoms with Gasteiger partial charge >= 0.3 is 0 Å². The zero-order valence-electron chi connectivity index (χ0n) is 14.5. The molecule has 8 heteroatoms. The number of methoxy groups -OCH3 is 1. The molecule has 0 atom stereocenters. The lowest BCUT2D eigenvalue weighted by atomic mass is 10.1. The largest absolute Gasteiger partial charge is 0.497 e. The summed E-state index contributed by atoms with van der Waals surface area (Å²) in [5.74, 6) is 3.53. The van der Waals surface area contributed by atoms with E-state index in [1.165, 1.54) is 0 Å². The molecule has 0 amide bonds. The predicted octanol–water partition coefficient (Wildman–Crippen LogP) is 1.79. The van der Waals surface area contributed by atoms with Crippen LogP contribution in [-0.4, -0.2) is 41.4 Å². The summed E-state index contributed by atoms with van der Waals surface area (Å²) in [7, 11) is 3.39. The number of aryl methyl sites for hydroxylation is 1. The predicted molar refractivity (Wildman–Crippen MR) is 98.3 cm³/mol. The first-order valence-corrected chi connectivity index (χ1v) is 8.77. The summed E-state index contributed by atoms with van der Waals surface area (Å²) in [4.78, 5) is 4.25. The van der Waals surface area contributed by atoms with Crippen molar-refractivity contribution in [2.75, 3.05) is 20.7 Å². The second-order valence-electron chi connectivity index (χ2n) is 5.85. The van der Waals surface area contributed by atoms with Gasteiger partial charge in [-0.25, -0.2) is 0 Å². The fraction of sp³-hybridized carbons (Fsp3) is 0.471. The van der Waals surface area contributed by atoms with Crippen LogP contribution in [0.5, 0.6) is 5.75 Å².